The Morgan fingerprint density at radius 3 is 2.56 bits per heavy atom. The summed E-state index contributed by atoms with van der Waals surface area (Å²) < 4.78 is 0. The molecule has 5 heteroatoms. The predicted octanol–water partition coefficient (Wildman–Crippen LogP) is 3.17. The van der Waals surface area contributed by atoms with E-state index in [0.29, 0.717) is 16.5 Å². The number of aromatic nitrogens is 2. The third-order valence-corrected chi connectivity index (χ3v) is 3.53. The Hall–Kier alpha value is -1.28. The Kier molecular flexibility index (Phi) is 6.51. The van der Waals surface area contributed by atoms with Crippen molar-refractivity contribution < 1.29 is 0 Å². The smallest absolute Gasteiger partial charge is 0.189 e. The van der Waals surface area contributed by atoms with Gasteiger partial charge in [-0.2, -0.15) is 5.26 Å². The van der Waals surface area contributed by atoms with Crippen molar-refractivity contribution >= 4 is 17.6 Å². The van der Waals surface area contributed by atoms with Crippen LogP contribution < -0.4 is 5.73 Å². The van der Waals surface area contributed by atoms with Gasteiger partial charge in [0.25, 0.3) is 0 Å². The zero-order valence-electron chi connectivity index (χ0n) is 11.1. The van der Waals surface area contributed by atoms with Gasteiger partial charge in [-0.1, -0.05) is 38.5 Å². The summed E-state index contributed by atoms with van der Waals surface area (Å²) in [6.07, 6.45) is 5.18. The summed E-state index contributed by atoms with van der Waals surface area (Å²) in [5.74, 6) is 1.31. The van der Waals surface area contributed by atoms with E-state index in [1.54, 1.807) is 11.8 Å². The zero-order valence-corrected chi connectivity index (χ0v) is 11.9. The molecule has 0 saturated heterocycles. The van der Waals surface area contributed by atoms with E-state index in [0.717, 1.165) is 43.6 Å². The normalized spacial score (nSPS) is 10.3. The summed E-state index contributed by atoms with van der Waals surface area (Å²) in [7, 11) is 0. The second kappa shape index (κ2) is 7.93. The van der Waals surface area contributed by atoms with E-state index in [-0.39, 0.29) is 0 Å². The number of thioether (sulfide) groups is 1. The number of rotatable bonds is 7. The second-order valence-corrected chi connectivity index (χ2v) is 5.19. The first kappa shape index (κ1) is 14.8. The molecule has 98 valence electrons. The Bertz CT molecular complexity index is 426. The number of nitrogens with two attached hydrogens (primary N) is 1. The standard InChI is InChI=1S/C13H20N4S/c1-3-5-7-11-10(9-14)12(15)17-13(16-11)18-8-6-4-2/h3-8H2,1-2H3,(H2,15,16,17). The van der Waals surface area contributed by atoms with Gasteiger partial charge in [-0.05, 0) is 19.3 Å². The molecule has 0 saturated carbocycles. The van der Waals surface area contributed by atoms with Crippen LogP contribution in [0.4, 0.5) is 5.82 Å². The van der Waals surface area contributed by atoms with Gasteiger partial charge in [-0.25, -0.2) is 9.97 Å². The predicted molar refractivity (Wildman–Crippen MR) is 75.4 cm³/mol. The molecule has 0 aliphatic heterocycles. The van der Waals surface area contributed by atoms with E-state index < -0.39 is 0 Å². The molecule has 1 heterocycles. The minimum absolute atomic E-state index is 0.317. The zero-order chi connectivity index (χ0) is 13.4. The third-order valence-electron chi connectivity index (χ3n) is 2.60. The monoisotopic (exact) mass is 264 g/mol. The van der Waals surface area contributed by atoms with Crippen LogP contribution >= 0.6 is 11.8 Å². The Balaban J connectivity index is 2.88. The molecule has 4 nitrogen and oxygen atoms in total. The van der Waals surface area contributed by atoms with E-state index in [4.69, 9.17) is 11.0 Å². The van der Waals surface area contributed by atoms with Gasteiger partial charge in [0.15, 0.2) is 5.16 Å². The topological polar surface area (TPSA) is 75.6 Å². The molecule has 0 aliphatic carbocycles. The highest BCUT2D eigenvalue weighted by molar-refractivity contribution is 7.99. The lowest BCUT2D eigenvalue weighted by Crippen LogP contribution is -2.05. The fraction of sp³-hybridized carbons (Fsp3) is 0.615. The maximum Gasteiger partial charge on any atom is 0.189 e. The second-order valence-electron chi connectivity index (χ2n) is 4.13. The molecule has 18 heavy (non-hydrogen) atoms. The Labute approximate surface area is 113 Å². The van der Waals surface area contributed by atoms with Crippen LogP contribution in [-0.4, -0.2) is 15.7 Å². The maximum atomic E-state index is 9.09. The fourth-order valence-electron chi connectivity index (χ4n) is 1.52. The number of anilines is 1. The van der Waals surface area contributed by atoms with Gasteiger partial charge in [-0.3, -0.25) is 0 Å². The van der Waals surface area contributed by atoms with Gasteiger partial charge in [0.05, 0.1) is 5.69 Å². The van der Waals surface area contributed by atoms with Crippen molar-refractivity contribution in [3.05, 3.63) is 11.3 Å². The van der Waals surface area contributed by atoms with Crippen LogP contribution in [0.2, 0.25) is 0 Å². The summed E-state index contributed by atoms with van der Waals surface area (Å²) in [4.78, 5) is 8.65. The van der Waals surface area contributed by atoms with Crippen LogP contribution in [0, 0.1) is 11.3 Å². The van der Waals surface area contributed by atoms with E-state index >= 15 is 0 Å². The number of unbranched alkanes of at least 4 members (excludes halogenated alkanes) is 2. The number of nitrogen functional groups attached to an aromatic ring is 1. The van der Waals surface area contributed by atoms with E-state index in [9.17, 15) is 0 Å². The van der Waals surface area contributed by atoms with Gasteiger partial charge in [-0.15, -0.1) is 0 Å². The molecule has 1 rings (SSSR count). The molecule has 0 atom stereocenters. The van der Waals surface area contributed by atoms with Crippen molar-refractivity contribution in [3.8, 4) is 6.07 Å². The molecule has 0 amide bonds. The summed E-state index contributed by atoms with van der Waals surface area (Å²) >= 11 is 1.61. The Morgan fingerprint density at radius 1 is 1.22 bits per heavy atom. The number of aryl methyl sites for hydroxylation is 1. The van der Waals surface area contributed by atoms with Crippen molar-refractivity contribution in [1.29, 1.82) is 5.26 Å². The van der Waals surface area contributed by atoms with Crippen molar-refractivity contribution in [2.75, 3.05) is 11.5 Å². The summed E-state index contributed by atoms with van der Waals surface area (Å²) in [6.45, 7) is 4.27. The number of nitrogens with zero attached hydrogens (tertiary/aromatic N) is 3. The van der Waals surface area contributed by atoms with Crippen LogP contribution in [0.3, 0.4) is 0 Å². The van der Waals surface area contributed by atoms with Gasteiger partial charge in [0.2, 0.25) is 0 Å². The summed E-state index contributed by atoms with van der Waals surface area (Å²) in [5, 5.41) is 9.79. The van der Waals surface area contributed by atoms with Crippen molar-refractivity contribution in [1.82, 2.24) is 9.97 Å². The van der Waals surface area contributed by atoms with Crippen LogP contribution in [0.1, 0.15) is 50.8 Å². The average molecular weight is 264 g/mol. The quantitative estimate of drug-likeness (QED) is 0.465. The van der Waals surface area contributed by atoms with Gasteiger partial charge in [0, 0.05) is 5.75 Å². The minimum Gasteiger partial charge on any atom is -0.382 e. The fourth-order valence-corrected chi connectivity index (χ4v) is 2.48. The molecule has 0 spiro atoms. The molecule has 0 aromatic carbocycles. The SMILES string of the molecule is CCCCSc1nc(N)c(C#N)c(CCCC)n1. The molecule has 0 bridgehead atoms. The summed E-state index contributed by atoms with van der Waals surface area (Å²) in [5.41, 5.74) is 7.07. The molecule has 0 fully saturated rings. The van der Waals surface area contributed by atoms with Crippen LogP contribution in [0.25, 0.3) is 0 Å². The molecule has 1 aromatic rings. The highest BCUT2D eigenvalue weighted by Crippen LogP contribution is 2.21. The highest BCUT2D eigenvalue weighted by Gasteiger charge is 2.11. The van der Waals surface area contributed by atoms with Gasteiger partial charge >= 0.3 is 0 Å². The molecule has 1 aromatic heterocycles. The van der Waals surface area contributed by atoms with Crippen LogP contribution in [-0.2, 0) is 6.42 Å². The first-order chi connectivity index (χ1) is 8.72. The van der Waals surface area contributed by atoms with Crippen LogP contribution in [0.15, 0.2) is 5.16 Å². The third kappa shape index (κ3) is 4.19. The molecule has 0 unspecified atom stereocenters. The lowest BCUT2D eigenvalue weighted by molar-refractivity contribution is 0.755. The maximum absolute atomic E-state index is 9.09. The van der Waals surface area contributed by atoms with E-state index in [2.05, 4.69) is 29.9 Å². The lowest BCUT2D eigenvalue weighted by atomic mass is 10.1. The van der Waals surface area contributed by atoms with E-state index in [1.807, 2.05) is 0 Å². The number of nitriles is 1. The molecular weight excluding hydrogens is 244 g/mol. The van der Waals surface area contributed by atoms with Crippen molar-refractivity contribution in [2.45, 2.75) is 51.1 Å². The van der Waals surface area contributed by atoms with Crippen LogP contribution in [0.5, 0.6) is 0 Å². The highest BCUT2D eigenvalue weighted by atomic mass is 32.2. The van der Waals surface area contributed by atoms with Gasteiger partial charge < -0.3 is 5.73 Å². The molecule has 0 radical (unpaired) electrons. The molecule has 0 aliphatic rings. The van der Waals surface area contributed by atoms with E-state index in [1.165, 1.54) is 0 Å². The minimum atomic E-state index is 0.317. The largest absolute Gasteiger partial charge is 0.382 e. The first-order valence-corrected chi connectivity index (χ1v) is 7.40. The van der Waals surface area contributed by atoms with Crippen molar-refractivity contribution in [3.63, 3.8) is 0 Å². The van der Waals surface area contributed by atoms with Crippen molar-refractivity contribution in [2.24, 2.45) is 0 Å². The Morgan fingerprint density at radius 2 is 1.94 bits per heavy atom. The van der Waals surface area contributed by atoms with Gasteiger partial charge in [0.1, 0.15) is 17.5 Å². The molecular formula is C13H20N4S. The number of hydrogen-bond acceptors (Lipinski definition) is 5. The summed E-state index contributed by atoms with van der Waals surface area (Å²) in [6, 6.07) is 2.11. The first-order valence-electron chi connectivity index (χ1n) is 6.42. The lowest BCUT2D eigenvalue weighted by Gasteiger charge is -2.07. The molecule has 2 N–H and O–H groups in total. The number of hydrogen-bond donors (Lipinski definition) is 1. The average Bonchev–Trinajstić information content (AvgIpc) is 2.36.